The smallest absolute Gasteiger partial charge is 0.240 e. The van der Waals surface area contributed by atoms with Gasteiger partial charge in [-0.25, -0.2) is 9.97 Å². The molecular formula is C19H24N4O2. The van der Waals surface area contributed by atoms with E-state index in [1.165, 1.54) is 0 Å². The minimum atomic E-state index is -0.0477. The summed E-state index contributed by atoms with van der Waals surface area (Å²) in [6.45, 7) is 6.27. The molecule has 1 aromatic heterocycles. The number of rotatable bonds is 3. The van der Waals surface area contributed by atoms with Crippen molar-refractivity contribution in [3.05, 3.63) is 35.8 Å². The van der Waals surface area contributed by atoms with Crippen molar-refractivity contribution in [2.45, 2.75) is 32.4 Å². The van der Waals surface area contributed by atoms with Crippen LogP contribution in [-0.4, -0.2) is 64.6 Å². The number of hydrogen-bond donors (Lipinski definition) is 0. The van der Waals surface area contributed by atoms with Gasteiger partial charge in [0.1, 0.15) is 5.82 Å². The number of nitrogens with zero attached hydrogens (tertiary/aromatic N) is 4. The molecule has 2 aromatic rings. The Labute approximate surface area is 147 Å². The van der Waals surface area contributed by atoms with E-state index in [4.69, 9.17) is 9.72 Å². The summed E-state index contributed by atoms with van der Waals surface area (Å²) in [4.78, 5) is 26.4. The topological polar surface area (TPSA) is 58.6 Å². The van der Waals surface area contributed by atoms with Crippen LogP contribution in [0.2, 0.25) is 0 Å². The third kappa shape index (κ3) is 3.37. The highest BCUT2D eigenvalue weighted by Gasteiger charge is 2.34. The first-order valence-electron chi connectivity index (χ1n) is 9.05. The van der Waals surface area contributed by atoms with Crippen LogP contribution < -0.4 is 0 Å². The first-order chi connectivity index (χ1) is 12.2. The molecular weight excluding hydrogens is 316 g/mol. The van der Waals surface area contributed by atoms with Gasteiger partial charge in [-0.2, -0.15) is 0 Å². The number of aryl methyl sites for hydroxylation is 1. The van der Waals surface area contributed by atoms with E-state index in [2.05, 4.69) is 16.0 Å². The second kappa shape index (κ2) is 7.06. The summed E-state index contributed by atoms with van der Waals surface area (Å²) >= 11 is 0. The molecule has 0 radical (unpaired) electrons. The van der Waals surface area contributed by atoms with E-state index in [1.54, 1.807) is 0 Å². The quantitative estimate of drug-likeness (QED) is 0.852. The third-order valence-corrected chi connectivity index (χ3v) is 5.16. The summed E-state index contributed by atoms with van der Waals surface area (Å²) in [6.07, 6.45) is 1.97. The normalized spacial score (nSPS) is 21.8. The number of ether oxygens (including phenoxy) is 1. The Morgan fingerprint density at radius 2 is 2.00 bits per heavy atom. The molecule has 2 saturated heterocycles. The highest BCUT2D eigenvalue weighted by Crippen LogP contribution is 2.23. The molecule has 6 heteroatoms. The molecule has 1 atom stereocenters. The lowest BCUT2D eigenvalue weighted by atomic mass is 10.1. The monoisotopic (exact) mass is 340 g/mol. The minimum absolute atomic E-state index is 0.0477. The molecule has 1 aromatic carbocycles. The standard InChI is InChI=1S/C19H24N4O2/c1-14-15-5-2-3-6-16(15)21-18(20-14)13-23-8-4-7-17(23)19(24)22-9-11-25-12-10-22/h2-3,5-6,17H,4,7-13H2,1H3/t17-/m1/s1. The first kappa shape index (κ1) is 16.4. The Hall–Kier alpha value is -2.05. The predicted octanol–water partition coefficient (Wildman–Crippen LogP) is 1.76. The average Bonchev–Trinajstić information content (AvgIpc) is 3.10. The van der Waals surface area contributed by atoms with Gasteiger partial charge in [0.15, 0.2) is 0 Å². The fourth-order valence-corrected chi connectivity index (χ4v) is 3.84. The second-order valence-electron chi connectivity index (χ2n) is 6.81. The number of hydrogen-bond acceptors (Lipinski definition) is 5. The lowest BCUT2D eigenvalue weighted by Gasteiger charge is -2.32. The number of fused-ring (bicyclic) bond motifs is 1. The van der Waals surface area contributed by atoms with Gasteiger partial charge in [0.2, 0.25) is 5.91 Å². The van der Waals surface area contributed by atoms with E-state index in [1.807, 2.05) is 30.0 Å². The van der Waals surface area contributed by atoms with Crippen molar-refractivity contribution < 1.29 is 9.53 Å². The highest BCUT2D eigenvalue weighted by atomic mass is 16.5. The minimum Gasteiger partial charge on any atom is -0.378 e. The number of para-hydroxylation sites is 1. The summed E-state index contributed by atoms with van der Waals surface area (Å²) < 4.78 is 5.36. The molecule has 25 heavy (non-hydrogen) atoms. The van der Waals surface area contributed by atoms with Gasteiger partial charge in [0, 0.05) is 24.2 Å². The molecule has 0 N–H and O–H groups in total. The molecule has 2 fully saturated rings. The molecule has 0 saturated carbocycles. The Morgan fingerprint density at radius 3 is 2.84 bits per heavy atom. The fourth-order valence-electron chi connectivity index (χ4n) is 3.84. The van der Waals surface area contributed by atoms with Crippen molar-refractivity contribution >= 4 is 16.8 Å². The van der Waals surface area contributed by atoms with E-state index in [9.17, 15) is 4.79 Å². The maximum absolute atomic E-state index is 12.9. The summed E-state index contributed by atoms with van der Waals surface area (Å²) in [5.41, 5.74) is 1.97. The van der Waals surface area contributed by atoms with Gasteiger partial charge in [-0.1, -0.05) is 18.2 Å². The lowest BCUT2D eigenvalue weighted by Crippen LogP contribution is -2.49. The lowest BCUT2D eigenvalue weighted by molar-refractivity contribution is -0.140. The fraction of sp³-hybridized carbons (Fsp3) is 0.526. The van der Waals surface area contributed by atoms with Crippen LogP contribution >= 0.6 is 0 Å². The summed E-state index contributed by atoms with van der Waals surface area (Å²) in [5, 5.41) is 1.09. The number of aromatic nitrogens is 2. The predicted molar refractivity (Wildman–Crippen MR) is 95.1 cm³/mol. The second-order valence-corrected chi connectivity index (χ2v) is 6.81. The molecule has 2 aliphatic heterocycles. The van der Waals surface area contributed by atoms with Crippen LogP contribution in [0, 0.1) is 6.92 Å². The average molecular weight is 340 g/mol. The third-order valence-electron chi connectivity index (χ3n) is 5.16. The van der Waals surface area contributed by atoms with Crippen molar-refractivity contribution in [3.63, 3.8) is 0 Å². The summed E-state index contributed by atoms with van der Waals surface area (Å²) in [6, 6.07) is 8.03. The van der Waals surface area contributed by atoms with Crippen LogP contribution in [0.25, 0.3) is 10.9 Å². The molecule has 6 nitrogen and oxygen atoms in total. The van der Waals surface area contributed by atoms with Crippen LogP contribution in [0.1, 0.15) is 24.4 Å². The molecule has 1 amide bonds. The van der Waals surface area contributed by atoms with Gasteiger partial charge in [0.05, 0.1) is 31.3 Å². The van der Waals surface area contributed by atoms with Gasteiger partial charge in [-0.15, -0.1) is 0 Å². The maximum Gasteiger partial charge on any atom is 0.240 e. The van der Waals surface area contributed by atoms with Crippen molar-refractivity contribution in [2.24, 2.45) is 0 Å². The Bertz CT molecular complexity index is 773. The van der Waals surface area contributed by atoms with Crippen molar-refractivity contribution in [1.82, 2.24) is 19.8 Å². The number of carbonyl (C=O) groups excluding carboxylic acids is 1. The van der Waals surface area contributed by atoms with Crippen LogP contribution in [-0.2, 0) is 16.1 Å². The first-order valence-corrected chi connectivity index (χ1v) is 9.05. The Kier molecular flexibility index (Phi) is 4.63. The largest absolute Gasteiger partial charge is 0.378 e. The van der Waals surface area contributed by atoms with Crippen LogP contribution in [0.5, 0.6) is 0 Å². The number of likely N-dealkylation sites (tertiary alicyclic amines) is 1. The number of morpholine rings is 1. The number of amides is 1. The van der Waals surface area contributed by atoms with Crippen molar-refractivity contribution in [1.29, 1.82) is 0 Å². The van der Waals surface area contributed by atoms with Crippen molar-refractivity contribution in [3.8, 4) is 0 Å². The van der Waals surface area contributed by atoms with Crippen molar-refractivity contribution in [2.75, 3.05) is 32.8 Å². The van der Waals surface area contributed by atoms with E-state index in [0.29, 0.717) is 32.8 Å². The van der Waals surface area contributed by atoms with Gasteiger partial charge in [-0.3, -0.25) is 9.69 Å². The van der Waals surface area contributed by atoms with Gasteiger partial charge < -0.3 is 9.64 Å². The molecule has 132 valence electrons. The molecule has 0 unspecified atom stereocenters. The van der Waals surface area contributed by atoms with Gasteiger partial charge in [0.25, 0.3) is 0 Å². The molecule has 4 rings (SSSR count). The van der Waals surface area contributed by atoms with E-state index < -0.39 is 0 Å². The molecule has 0 aliphatic carbocycles. The maximum atomic E-state index is 12.9. The van der Waals surface area contributed by atoms with E-state index in [-0.39, 0.29) is 11.9 Å². The highest BCUT2D eigenvalue weighted by molar-refractivity contribution is 5.82. The number of benzene rings is 1. The molecule has 0 spiro atoms. The van der Waals surface area contributed by atoms with Crippen LogP contribution in [0.4, 0.5) is 0 Å². The van der Waals surface area contributed by atoms with Crippen LogP contribution in [0.3, 0.4) is 0 Å². The molecule has 2 aliphatic rings. The molecule has 0 bridgehead atoms. The zero-order valence-corrected chi connectivity index (χ0v) is 14.6. The van der Waals surface area contributed by atoms with Gasteiger partial charge >= 0.3 is 0 Å². The zero-order valence-electron chi connectivity index (χ0n) is 14.6. The van der Waals surface area contributed by atoms with E-state index in [0.717, 1.165) is 41.8 Å². The van der Waals surface area contributed by atoms with Crippen LogP contribution in [0.15, 0.2) is 24.3 Å². The Balaban J connectivity index is 1.52. The number of carbonyl (C=O) groups is 1. The SMILES string of the molecule is Cc1nc(CN2CCC[C@@H]2C(=O)N2CCOCC2)nc2ccccc12. The summed E-state index contributed by atoms with van der Waals surface area (Å²) in [5.74, 6) is 1.04. The Morgan fingerprint density at radius 1 is 1.20 bits per heavy atom. The van der Waals surface area contributed by atoms with Gasteiger partial charge in [-0.05, 0) is 32.4 Å². The van der Waals surface area contributed by atoms with E-state index >= 15 is 0 Å². The summed E-state index contributed by atoms with van der Waals surface area (Å²) in [7, 11) is 0. The molecule has 3 heterocycles. The zero-order chi connectivity index (χ0) is 17.2.